The third-order valence-electron chi connectivity index (χ3n) is 4.83. The van der Waals surface area contributed by atoms with Crippen LogP contribution >= 0.6 is 0 Å². The van der Waals surface area contributed by atoms with Gasteiger partial charge in [-0.1, -0.05) is 0 Å². The van der Waals surface area contributed by atoms with E-state index in [-0.39, 0.29) is 0 Å². The summed E-state index contributed by atoms with van der Waals surface area (Å²) in [7, 11) is 1.68. The van der Waals surface area contributed by atoms with Crippen LogP contribution < -0.4 is 10.5 Å². The molecule has 0 radical (unpaired) electrons. The average Bonchev–Trinajstić information content (AvgIpc) is 3.34. The highest BCUT2D eigenvalue weighted by Gasteiger charge is 2.41. The van der Waals surface area contributed by atoms with Gasteiger partial charge in [-0.25, -0.2) is 4.98 Å². The van der Waals surface area contributed by atoms with Gasteiger partial charge in [0.2, 0.25) is 5.95 Å². The SMILES string of the molecule is COc1ccc2c(c1)nc(N)n2CC(C1CC1)C1CC1. The molecule has 4 nitrogen and oxygen atoms in total. The summed E-state index contributed by atoms with van der Waals surface area (Å²) in [5, 5.41) is 0. The van der Waals surface area contributed by atoms with Crippen molar-refractivity contribution in [2.75, 3.05) is 12.8 Å². The van der Waals surface area contributed by atoms with Crippen molar-refractivity contribution < 1.29 is 4.74 Å². The smallest absolute Gasteiger partial charge is 0.201 e. The number of aromatic nitrogens is 2. The van der Waals surface area contributed by atoms with Crippen molar-refractivity contribution in [3.63, 3.8) is 0 Å². The molecule has 20 heavy (non-hydrogen) atoms. The molecule has 0 aliphatic heterocycles. The minimum atomic E-state index is 0.638. The van der Waals surface area contributed by atoms with E-state index in [0.29, 0.717) is 5.95 Å². The first kappa shape index (κ1) is 12.1. The van der Waals surface area contributed by atoms with Gasteiger partial charge in [-0.15, -0.1) is 0 Å². The zero-order valence-electron chi connectivity index (χ0n) is 11.9. The normalized spacial score (nSPS) is 18.9. The average molecular weight is 271 g/mol. The van der Waals surface area contributed by atoms with Gasteiger partial charge >= 0.3 is 0 Å². The molecular weight excluding hydrogens is 250 g/mol. The molecule has 0 unspecified atom stereocenters. The summed E-state index contributed by atoms with van der Waals surface area (Å²) in [6.45, 7) is 1.03. The Kier molecular flexibility index (Phi) is 2.65. The number of nitrogen functional groups attached to an aromatic ring is 1. The van der Waals surface area contributed by atoms with Gasteiger partial charge in [-0.2, -0.15) is 0 Å². The first-order valence-electron chi connectivity index (χ1n) is 7.56. The third kappa shape index (κ3) is 2.03. The van der Waals surface area contributed by atoms with E-state index in [1.165, 1.54) is 25.7 Å². The van der Waals surface area contributed by atoms with Gasteiger partial charge < -0.3 is 15.0 Å². The van der Waals surface area contributed by atoms with Crippen molar-refractivity contribution in [2.45, 2.75) is 32.2 Å². The highest BCUT2D eigenvalue weighted by atomic mass is 16.5. The lowest BCUT2D eigenvalue weighted by molar-refractivity contribution is 0.355. The number of hydrogen-bond donors (Lipinski definition) is 1. The number of nitrogens with zero attached hydrogens (tertiary/aromatic N) is 2. The molecule has 4 heteroatoms. The first-order valence-corrected chi connectivity index (χ1v) is 7.56. The Labute approximate surface area is 118 Å². The molecule has 0 spiro atoms. The fourth-order valence-corrected chi connectivity index (χ4v) is 3.39. The van der Waals surface area contributed by atoms with Crippen molar-refractivity contribution in [2.24, 2.45) is 17.8 Å². The lowest BCUT2D eigenvalue weighted by Gasteiger charge is -2.17. The zero-order chi connectivity index (χ0) is 13.7. The molecule has 0 amide bonds. The lowest BCUT2D eigenvalue weighted by Crippen LogP contribution is -2.16. The second-order valence-corrected chi connectivity index (χ2v) is 6.27. The molecule has 2 N–H and O–H groups in total. The molecule has 2 aliphatic rings. The minimum Gasteiger partial charge on any atom is -0.497 e. The fraction of sp³-hybridized carbons (Fsp3) is 0.562. The molecule has 0 atom stereocenters. The standard InChI is InChI=1S/C16H21N3O/c1-20-12-6-7-15-14(8-12)18-16(17)19(15)9-13(10-2-3-10)11-4-5-11/h6-8,10-11,13H,2-5,9H2,1H3,(H2,17,18). The Hall–Kier alpha value is -1.71. The molecule has 2 fully saturated rings. The number of methoxy groups -OCH3 is 1. The van der Waals surface area contributed by atoms with Crippen LogP contribution in [0.25, 0.3) is 11.0 Å². The predicted molar refractivity (Wildman–Crippen MR) is 79.6 cm³/mol. The summed E-state index contributed by atoms with van der Waals surface area (Å²) in [6.07, 6.45) is 5.62. The maximum atomic E-state index is 6.15. The predicted octanol–water partition coefficient (Wildman–Crippen LogP) is 3.06. The van der Waals surface area contributed by atoms with E-state index in [0.717, 1.165) is 41.1 Å². The van der Waals surface area contributed by atoms with Crippen LogP contribution in [0.4, 0.5) is 5.95 Å². The van der Waals surface area contributed by atoms with Crippen LogP contribution in [-0.2, 0) is 6.54 Å². The lowest BCUT2D eigenvalue weighted by atomic mass is 9.98. The molecule has 1 aromatic carbocycles. The van der Waals surface area contributed by atoms with Crippen molar-refractivity contribution in [1.82, 2.24) is 9.55 Å². The van der Waals surface area contributed by atoms with Crippen molar-refractivity contribution in [3.05, 3.63) is 18.2 Å². The van der Waals surface area contributed by atoms with Gasteiger partial charge in [-0.3, -0.25) is 0 Å². The topological polar surface area (TPSA) is 53.1 Å². The summed E-state index contributed by atoms with van der Waals surface area (Å²) in [5.41, 5.74) is 8.22. The number of imidazole rings is 1. The molecule has 2 saturated carbocycles. The Morgan fingerprint density at radius 3 is 2.60 bits per heavy atom. The highest BCUT2D eigenvalue weighted by Crippen LogP contribution is 2.50. The van der Waals surface area contributed by atoms with E-state index < -0.39 is 0 Å². The summed E-state index contributed by atoms with van der Waals surface area (Å²) < 4.78 is 7.46. The number of fused-ring (bicyclic) bond motifs is 1. The van der Waals surface area contributed by atoms with Gasteiger partial charge in [0.1, 0.15) is 5.75 Å². The van der Waals surface area contributed by atoms with Gasteiger partial charge in [0.25, 0.3) is 0 Å². The minimum absolute atomic E-state index is 0.638. The van der Waals surface area contributed by atoms with Gasteiger partial charge in [0, 0.05) is 12.6 Å². The Morgan fingerprint density at radius 1 is 1.30 bits per heavy atom. The van der Waals surface area contributed by atoms with Crippen LogP contribution in [0.1, 0.15) is 25.7 Å². The van der Waals surface area contributed by atoms with Crippen LogP contribution in [0.2, 0.25) is 0 Å². The summed E-state index contributed by atoms with van der Waals surface area (Å²) in [5.74, 6) is 4.13. The van der Waals surface area contributed by atoms with E-state index in [1.54, 1.807) is 7.11 Å². The largest absolute Gasteiger partial charge is 0.497 e. The Balaban J connectivity index is 1.69. The quantitative estimate of drug-likeness (QED) is 0.909. The van der Waals surface area contributed by atoms with Crippen LogP contribution in [0, 0.1) is 17.8 Å². The second kappa shape index (κ2) is 4.40. The third-order valence-corrected chi connectivity index (χ3v) is 4.83. The number of ether oxygens (including phenoxy) is 1. The summed E-state index contributed by atoms with van der Waals surface area (Å²) >= 11 is 0. The maximum absolute atomic E-state index is 6.15. The van der Waals surface area contributed by atoms with E-state index in [1.807, 2.05) is 12.1 Å². The molecule has 1 heterocycles. The first-order chi connectivity index (χ1) is 9.76. The molecule has 2 aliphatic carbocycles. The zero-order valence-corrected chi connectivity index (χ0v) is 11.9. The molecule has 1 aromatic heterocycles. The Bertz CT molecular complexity index is 628. The number of rotatable bonds is 5. The van der Waals surface area contributed by atoms with E-state index in [4.69, 9.17) is 10.5 Å². The summed E-state index contributed by atoms with van der Waals surface area (Å²) in [4.78, 5) is 4.49. The van der Waals surface area contributed by atoms with Crippen LogP contribution in [0.3, 0.4) is 0 Å². The molecule has 106 valence electrons. The van der Waals surface area contributed by atoms with Gasteiger partial charge in [0.15, 0.2) is 0 Å². The summed E-state index contributed by atoms with van der Waals surface area (Å²) in [6, 6.07) is 6.03. The highest BCUT2D eigenvalue weighted by molar-refractivity contribution is 5.79. The molecule has 4 rings (SSSR count). The van der Waals surface area contributed by atoms with Gasteiger partial charge in [0.05, 0.1) is 18.1 Å². The molecule has 2 aromatic rings. The number of anilines is 1. The molecular formula is C16H21N3O. The van der Waals surface area contributed by atoms with E-state index in [9.17, 15) is 0 Å². The monoisotopic (exact) mass is 271 g/mol. The number of benzene rings is 1. The van der Waals surface area contributed by atoms with Crippen molar-refractivity contribution in [1.29, 1.82) is 0 Å². The molecule has 0 bridgehead atoms. The maximum Gasteiger partial charge on any atom is 0.201 e. The second-order valence-electron chi connectivity index (χ2n) is 6.27. The van der Waals surface area contributed by atoms with Crippen LogP contribution in [0.5, 0.6) is 5.75 Å². The number of hydrogen-bond acceptors (Lipinski definition) is 3. The van der Waals surface area contributed by atoms with Gasteiger partial charge in [-0.05, 0) is 55.6 Å². The van der Waals surface area contributed by atoms with Crippen LogP contribution in [0.15, 0.2) is 18.2 Å². The van der Waals surface area contributed by atoms with Crippen LogP contribution in [-0.4, -0.2) is 16.7 Å². The van der Waals surface area contributed by atoms with Crippen molar-refractivity contribution in [3.8, 4) is 5.75 Å². The van der Waals surface area contributed by atoms with E-state index in [2.05, 4.69) is 15.6 Å². The van der Waals surface area contributed by atoms with E-state index >= 15 is 0 Å². The van der Waals surface area contributed by atoms with Crippen molar-refractivity contribution >= 4 is 17.0 Å². The molecule has 0 saturated heterocycles. The Morgan fingerprint density at radius 2 is 2.00 bits per heavy atom. The fourth-order valence-electron chi connectivity index (χ4n) is 3.39. The number of nitrogens with two attached hydrogens (primary N) is 1.